The first-order valence-electron chi connectivity index (χ1n) is 10.5. The highest BCUT2D eigenvalue weighted by Crippen LogP contribution is 2.54. The standard InChI is InChI=1S/C20H23F5N2O5/c1-8(32-11-4-5-11)14(26-18(31)19(21,22)20(23,24)25)16(28)27-7-12-9-2-3-10(6-9)13(12)15(27)17(29)30/h2-3,8-15H,4-7H2,1H3,(H,26,31)(H,29,30)/t8-,9-,10+,12-,13+,14+,15+/m1/s1. The molecule has 2 bridgehead atoms. The van der Waals surface area contributed by atoms with Crippen LogP contribution in [-0.2, 0) is 19.1 Å². The Morgan fingerprint density at radius 1 is 1.12 bits per heavy atom. The molecule has 7 nitrogen and oxygen atoms in total. The molecule has 3 aliphatic carbocycles. The number of alkyl halides is 5. The third-order valence-electron chi connectivity index (χ3n) is 6.93. The first-order chi connectivity index (χ1) is 14.8. The van der Waals surface area contributed by atoms with Gasteiger partial charge in [-0.05, 0) is 43.9 Å². The summed E-state index contributed by atoms with van der Waals surface area (Å²) in [6, 6.07) is -3.15. The molecular formula is C20H23F5N2O5. The second-order valence-electron chi connectivity index (χ2n) is 9.03. The maximum atomic E-state index is 13.6. The lowest BCUT2D eigenvalue weighted by Gasteiger charge is -2.33. The van der Waals surface area contributed by atoms with E-state index in [-0.39, 0.29) is 36.3 Å². The number of aliphatic carboxylic acids is 1. The fourth-order valence-electron chi connectivity index (χ4n) is 5.27. The summed E-state index contributed by atoms with van der Waals surface area (Å²) in [5.41, 5.74) is 0. The SMILES string of the molecule is C[C@@H](OC1CC1)[C@H](NC(=O)C(F)(F)C(F)(F)F)C(=O)N1C[C@H]2[C@@H]([C@H]1C(=O)O)[C@H]1C=C[C@@H]2C1. The lowest BCUT2D eigenvalue weighted by molar-refractivity contribution is -0.270. The maximum absolute atomic E-state index is 13.6. The molecule has 7 atom stereocenters. The van der Waals surface area contributed by atoms with Crippen LogP contribution in [0.5, 0.6) is 0 Å². The Hall–Kier alpha value is -2.24. The van der Waals surface area contributed by atoms with Crippen LogP contribution in [0, 0.1) is 23.7 Å². The third kappa shape index (κ3) is 3.75. The molecule has 4 aliphatic rings. The summed E-state index contributed by atoms with van der Waals surface area (Å²) < 4.78 is 70.6. The van der Waals surface area contributed by atoms with E-state index in [1.165, 1.54) is 12.2 Å². The van der Waals surface area contributed by atoms with Gasteiger partial charge in [-0.15, -0.1) is 0 Å². The molecule has 0 aromatic rings. The molecule has 32 heavy (non-hydrogen) atoms. The number of rotatable bonds is 7. The molecule has 2 amide bonds. The quantitative estimate of drug-likeness (QED) is 0.442. The Morgan fingerprint density at radius 3 is 2.31 bits per heavy atom. The van der Waals surface area contributed by atoms with Gasteiger partial charge in [-0.3, -0.25) is 9.59 Å². The summed E-state index contributed by atoms with van der Waals surface area (Å²) >= 11 is 0. The van der Waals surface area contributed by atoms with Crippen molar-refractivity contribution in [1.29, 1.82) is 0 Å². The van der Waals surface area contributed by atoms with Crippen molar-refractivity contribution >= 4 is 17.8 Å². The molecule has 2 N–H and O–H groups in total. The van der Waals surface area contributed by atoms with Gasteiger partial charge >= 0.3 is 24.0 Å². The van der Waals surface area contributed by atoms with Crippen LogP contribution in [0.4, 0.5) is 22.0 Å². The Labute approximate surface area is 179 Å². The predicted octanol–water partition coefficient (Wildman–Crippen LogP) is 1.97. The zero-order valence-electron chi connectivity index (χ0n) is 17.0. The monoisotopic (exact) mass is 466 g/mol. The van der Waals surface area contributed by atoms with Crippen molar-refractivity contribution in [2.45, 2.75) is 62.6 Å². The number of carbonyl (C=O) groups excluding carboxylic acids is 2. The highest BCUT2D eigenvalue weighted by atomic mass is 19.4. The third-order valence-corrected chi connectivity index (χ3v) is 6.93. The van der Waals surface area contributed by atoms with Crippen LogP contribution >= 0.6 is 0 Å². The molecule has 12 heteroatoms. The first kappa shape index (κ1) is 22.9. The Bertz CT molecular complexity index is 843. The Kier molecular flexibility index (Phi) is 5.50. The molecule has 3 fully saturated rings. The highest BCUT2D eigenvalue weighted by molar-refractivity contribution is 5.93. The van der Waals surface area contributed by atoms with Gasteiger partial charge < -0.3 is 20.1 Å². The van der Waals surface area contributed by atoms with Crippen molar-refractivity contribution < 1.29 is 46.2 Å². The van der Waals surface area contributed by atoms with Gasteiger partial charge in [0.15, 0.2) is 0 Å². The fraction of sp³-hybridized carbons (Fsp3) is 0.750. The number of allylic oxidation sites excluding steroid dienone is 2. The molecule has 1 aliphatic heterocycles. The lowest BCUT2D eigenvalue weighted by atomic mass is 9.82. The number of fused-ring (bicyclic) bond motifs is 5. The molecular weight excluding hydrogens is 443 g/mol. The van der Waals surface area contributed by atoms with Crippen molar-refractivity contribution in [3.63, 3.8) is 0 Å². The number of halogens is 5. The molecule has 1 heterocycles. The number of hydrogen-bond donors (Lipinski definition) is 2. The summed E-state index contributed by atoms with van der Waals surface area (Å²) in [5, 5.41) is 11.3. The molecule has 0 radical (unpaired) electrons. The van der Waals surface area contributed by atoms with E-state index in [0.29, 0.717) is 12.8 Å². The summed E-state index contributed by atoms with van der Waals surface area (Å²) in [6.07, 6.45) is -1.80. The summed E-state index contributed by atoms with van der Waals surface area (Å²) in [7, 11) is 0. The van der Waals surface area contributed by atoms with E-state index < -0.39 is 48.1 Å². The van der Waals surface area contributed by atoms with Crippen LogP contribution < -0.4 is 5.32 Å². The minimum absolute atomic E-state index is 0.0180. The van der Waals surface area contributed by atoms with E-state index in [2.05, 4.69) is 0 Å². The van der Waals surface area contributed by atoms with Crippen LogP contribution in [0.25, 0.3) is 0 Å². The van der Waals surface area contributed by atoms with Gasteiger partial charge in [0, 0.05) is 12.5 Å². The number of carbonyl (C=O) groups is 3. The van der Waals surface area contributed by atoms with Gasteiger partial charge in [0.05, 0.1) is 12.2 Å². The van der Waals surface area contributed by atoms with Crippen molar-refractivity contribution in [3.8, 4) is 0 Å². The van der Waals surface area contributed by atoms with Gasteiger partial charge in [0.2, 0.25) is 5.91 Å². The van der Waals surface area contributed by atoms with Crippen molar-refractivity contribution in [3.05, 3.63) is 12.2 Å². The van der Waals surface area contributed by atoms with E-state index in [9.17, 15) is 41.4 Å². The van der Waals surface area contributed by atoms with Crippen LogP contribution in [0.3, 0.4) is 0 Å². The van der Waals surface area contributed by atoms with Gasteiger partial charge in [-0.2, -0.15) is 22.0 Å². The topological polar surface area (TPSA) is 95.9 Å². The normalized spacial score (nSPS) is 33.2. The Morgan fingerprint density at radius 2 is 1.75 bits per heavy atom. The van der Waals surface area contributed by atoms with Crippen LogP contribution in [0.1, 0.15) is 26.2 Å². The van der Waals surface area contributed by atoms with Gasteiger partial charge in [0.25, 0.3) is 0 Å². The molecule has 0 unspecified atom stereocenters. The average Bonchev–Trinajstić information content (AvgIpc) is 3.13. The second kappa shape index (κ2) is 7.67. The molecule has 0 aromatic heterocycles. The number of likely N-dealkylation sites (tertiary alicyclic amines) is 1. The van der Waals surface area contributed by atoms with Crippen molar-refractivity contribution in [2.24, 2.45) is 23.7 Å². The van der Waals surface area contributed by atoms with Gasteiger partial charge in [0.1, 0.15) is 12.1 Å². The Balaban J connectivity index is 1.58. The van der Waals surface area contributed by atoms with Gasteiger partial charge in [-0.25, -0.2) is 4.79 Å². The minimum atomic E-state index is -6.15. The second-order valence-corrected chi connectivity index (χ2v) is 9.03. The van der Waals surface area contributed by atoms with Gasteiger partial charge in [-0.1, -0.05) is 12.2 Å². The molecule has 178 valence electrons. The van der Waals surface area contributed by atoms with E-state index >= 15 is 0 Å². The number of hydrogen-bond acceptors (Lipinski definition) is 4. The van der Waals surface area contributed by atoms with E-state index in [1.54, 1.807) is 0 Å². The van der Waals surface area contributed by atoms with Crippen LogP contribution in [0.15, 0.2) is 12.2 Å². The number of carboxylic acid groups (broad SMARTS) is 1. The molecule has 4 rings (SSSR count). The number of ether oxygens (including phenoxy) is 1. The number of nitrogens with zero attached hydrogens (tertiary/aromatic N) is 1. The summed E-state index contributed by atoms with van der Waals surface area (Å²) in [6.45, 7) is 1.30. The minimum Gasteiger partial charge on any atom is -0.480 e. The predicted molar refractivity (Wildman–Crippen MR) is 97.4 cm³/mol. The lowest BCUT2D eigenvalue weighted by Crippen LogP contribution is -2.61. The van der Waals surface area contributed by atoms with E-state index in [1.807, 2.05) is 12.2 Å². The maximum Gasteiger partial charge on any atom is 0.463 e. The average molecular weight is 466 g/mol. The highest BCUT2D eigenvalue weighted by Gasteiger charge is 2.64. The number of nitrogens with one attached hydrogen (secondary N) is 1. The smallest absolute Gasteiger partial charge is 0.463 e. The molecule has 0 aromatic carbocycles. The number of carboxylic acids is 1. The zero-order chi connectivity index (χ0) is 23.6. The van der Waals surface area contributed by atoms with Crippen LogP contribution in [-0.4, -0.2) is 70.7 Å². The largest absolute Gasteiger partial charge is 0.480 e. The van der Waals surface area contributed by atoms with Crippen molar-refractivity contribution in [2.75, 3.05) is 6.54 Å². The summed E-state index contributed by atoms with van der Waals surface area (Å²) in [5.74, 6) is -11.2. The van der Waals surface area contributed by atoms with Crippen LogP contribution in [0.2, 0.25) is 0 Å². The zero-order valence-corrected chi connectivity index (χ0v) is 17.0. The fourth-order valence-corrected chi connectivity index (χ4v) is 5.27. The summed E-state index contributed by atoms with van der Waals surface area (Å²) in [4.78, 5) is 38.2. The van der Waals surface area contributed by atoms with E-state index in [4.69, 9.17) is 4.74 Å². The van der Waals surface area contributed by atoms with Crippen molar-refractivity contribution in [1.82, 2.24) is 10.2 Å². The van der Waals surface area contributed by atoms with E-state index in [0.717, 1.165) is 11.3 Å². The molecule has 2 saturated carbocycles. The molecule has 1 saturated heterocycles. The first-order valence-corrected chi connectivity index (χ1v) is 10.5. The number of amides is 2. The molecule has 0 spiro atoms.